The van der Waals surface area contributed by atoms with Crippen molar-refractivity contribution in [2.75, 3.05) is 24.0 Å². The van der Waals surface area contributed by atoms with Gasteiger partial charge in [0, 0.05) is 29.7 Å². The van der Waals surface area contributed by atoms with E-state index < -0.39 is 10.3 Å². The number of hydrogen-bond donors (Lipinski definition) is 2. The number of likely N-dealkylation sites (tertiary alicyclic amines) is 1. The van der Waals surface area contributed by atoms with Crippen LogP contribution in [0, 0.1) is 11.8 Å². The number of thiol groups is 1. The van der Waals surface area contributed by atoms with Crippen molar-refractivity contribution in [1.29, 1.82) is 0 Å². The van der Waals surface area contributed by atoms with Gasteiger partial charge in [-0.25, -0.2) is 0 Å². The lowest BCUT2D eigenvalue weighted by Gasteiger charge is -2.39. The van der Waals surface area contributed by atoms with Crippen LogP contribution < -0.4 is 5.32 Å². The molecule has 0 bridgehead atoms. The maximum atomic E-state index is 12.9. The summed E-state index contributed by atoms with van der Waals surface area (Å²) in [5.74, 6) is 1.24. The summed E-state index contributed by atoms with van der Waals surface area (Å²) in [6.07, 6.45) is 5.53. The molecule has 8 heteroatoms. The van der Waals surface area contributed by atoms with E-state index in [2.05, 4.69) is 24.2 Å². The summed E-state index contributed by atoms with van der Waals surface area (Å²) in [7, 11) is 0. The monoisotopic (exact) mass is 448 g/mol. The van der Waals surface area contributed by atoms with Crippen molar-refractivity contribution in [1.82, 2.24) is 10.2 Å². The highest BCUT2D eigenvalue weighted by atomic mass is 32.2. The lowest BCUT2D eigenvalue weighted by molar-refractivity contribution is -0.147. The third-order valence-corrected chi connectivity index (χ3v) is 6.97. The summed E-state index contributed by atoms with van der Waals surface area (Å²) in [4.78, 5) is 39.7. The predicted molar refractivity (Wildman–Crippen MR) is 124 cm³/mol. The van der Waals surface area contributed by atoms with Crippen molar-refractivity contribution in [2.45, 2.75) is 70.2 Å². The van der Waals surface area contributed by atoms with Crippen molar-refractivity contribution in [3.63, 3.8) is 0 Å². The molecule has 1 saturated heterocycles. The van der Waals surface area contributed by atoms with Gasteiger partial charge in [0.2, 0.25) is 17.7 Å². The molecule has 0 radical (unpaired) electrons. The van der Waals surface area contributed by atoms with Gasteiger partial charge in [-0.1, -0.05) is 13.8 Å². The Morgan fingerprint density at radius 2 is 1.86 bits per heavy atom. The van der Waals surface area contributed by atoms with Crippen molar-refractivity contribution < 1.29 is 14.4 Å². The Morgan fingerprint density at radius 1 is 1.25 bits per heavy atom. The molecule has 0 aromatic carbocycles. The van der Waals surface area contributed by atoms with E-state index in [4.69, 9.17) is 0 Å². The molecule has 3 amide bonds. The van der Waals surface area contributed by atoms with Crippen LogP contribution >= 0.6 is 36.2 Å². The number of imide groups is 1. The Labute approximate surface area is 184 Å². The highest BCUT2D eigenvalue weighted by Gasteiger charge is 2.49. The second-order valence-corrected chi connectivity index (χ2v) is 11.7. The number of thioether (sulfide) groups is 2. The quantitative estimate of drug-likeness (QED) is 0.374. The number of nitrogens with one attached hydrogen (secondary N) is 1. The van der Waals surface area contributed by atoms with Gasteiger partial charge in [-0.05, 0) is 57.8 Å². The van der Waals surface area contributed by atoms with E-state index in [1.54, 1.807) is 30.4 Å². The molecule has 0 spiro atoms. The van der Waals surface area contributed by atoms with E-state index in [-0.39, 0.29) is 42.0 Å². The molecule has 1 rings (SSSR count). The number of carbonyl (C=O) groups is 3. The van der Waals surface area contributed by atoms with Crippen LogP contribution in [-0.2, 0) is 14.4 Å². The van der Waals surface area contributed by atoms with Gasteiger partial charge in [0.25, 0.3) is 0 Å². The number of nitrogens with zero attached hydrogens (tertiary/aromatic N) is 1. The molecule has 1 heterocycles. The average Bonchev–Trinajstić information content (AvgIpc) is 2.87. The van der Waals surface area contributed by atoms with Crippen molar-refractivity contribution in [3.05, 3.63) is 0 Å². The number of carbonyl (C=O) groups excluding carboxylic acids is 3. The highest BCUT2D eigenvalue weighted by molar-refractivity contribution is 7.98. The Kier molecular flexibility index (Phi) is 9.74. The lowest BCUT2D eigenvalue weighted by atomic mass is 9.88. The minimum absolute atomic E-state index is 0.0879. The van der Waals surface area contributed by atoms with Crippen molar-refractivity contribution in [3.8, 4) is 0 Å². The van der Waals surface area contributed by atoms with Crippen LogP contribution in [0.1, 0.15) is 53.9 Å². The SMILES string of the molecule is CSCCC(CSC)NC(=O)C(C)(S)CC(C)(C)N1C(=O)CC(C(C)C)C1=O. The first kappa shape index (κ1) is 25.7. The first-order valence-electron chi connectivity index (χ1n) is 9.75. The zero-order valence-electron chi connectivity index (χ0n) is 18.2. The van der Waals surface area contributed by atoms with Gasteiger partial charge in [0.1, 0.15) is 0 Å². The largest absolute Gasteiger partial charge is 0.351 e. The van der Waals surface area contributed by atoms with E-state index in [0.717, 1.165) is 17.9 Å². The fraction of sp³-hybridized carbons (Fsp3) is 0.850. The smallest absolute Gasteiger partial charge is 0.236 e. The van der Waals surface area contributed by atoms with Gasteiger partial charge in [-0.2, -0.15) is 36.2 Å². The van der Waals surface area contributed by atoms with Gasteiger partial charge in [-0.15, -0.1) is 0 Å². The second kappa shape index (κ2) is 10.6. The van der Waals surface area contributed by atoms with Gasteiger partial charge in [0.15, 0.2) is 0 Å². The standard InChI is InChI=1S/C20H36N2O3S3/c1-13(2)15-10-16(23)22(17(15)24)19(3,4)12-20(5,26)18(25)21-14(11-28-7)8-9-27-6/h13-15,26H,8-12H2,1-7H3,(H,21,25). The topological polar surface area (TPSA) is 66.5 Å². The number of amides is 3. The normalized spacial score (nSPS) is 21.2. The van der Waals surface area contributed by atoms with E-state index in [1.165, 1.54) is 4.90 Å². The molecule has 162 valence electrons. The van der Waals surface area contributed by atoms with Crippen molar-refractivity contribution >= 4 is 53.9 Å². The minimum atomic E-state index is -0.990. The zero-order valence-corrected chi connectivity index (χ0v) is 20.7. The number of hydrogen-bond acceptors (Lipinski definition) is 6. The van der Waals surface area contributed by atoms with Crippen molar-refractivity contribution in [2.24, 2.45) is 11.8 Å². The van der Waals surface area contributed by atoms with Gasteiger partial charge < -0.3 is 5.32 Å². The van der Waals surface area contributed by atoms with Crippen LogP contribution in [0.4, 0.5) is 0 Å². The van der Waals surface area contributed by atoms with Crippen LogP contribution in [0.2, 0.25) is 0 Å². The molecule has 0 saturated carbocycles. The first-order chi connectivity index (χ1) is 12.9. The fourth-order valence-electron chi connectivity index (χ4n) is 3.81. The van der Waals surface area contributed by atoms with Crippen LogP contribution in [0.5, 0.6) is 0 Å². The minimum Gasteiger partial charge on any atom is -0.351 e. The van der Waals surface area contributed by atoms with E-state index in [0.29, 0.717) is 6.42 Å². The second-order valence-electron chi connectivity index (χ2n) is 8.79. The molecule has 1 N–H and O–H groups in total. The molecule has 0 aliphatic carbocycles. The molecule has 1 fully saturated rings. The van der Waals surface area contributed by atoms with Crippen LogP contribution in [0.15, 0.2) is 0 Å². The molecule has 3 atom stereocenters. The predicted octanol–water partition coefficient (Wildman–Crippen LogP) is 3.48. The summed E-state index contributed by atoms with van der Waals surface area (Å²) in [6.45, 7) is 9.38. The summed E-state index contributed by atoms with van der Waals surface area (Å²) >= 11 is 8.11. The summed E-state index contributed by atoms with van der Waals surface area (Å²) in [6, 6.07) is 0.0879. The maximum Gasteiger partial charge on any atom is 0.236 e. The van der Waals surface area contributed by atoms with Crippen LogP contribution in [-0.4, -0.2) is 63.0 Å². The third-order valence-electron chi connectivity index (χ3n) is 5.23. The number of rotatable bonds is 11. The molecule has 28 heavy (non-hydrogen) atoms. The van der Waals surface area contributed by atoms with Crippen LogP contribution in [0.25, 0.3) is 0 Å². The molecule has 1 aliphatic heterocycles. The zero-order chi connectivity index (χ0) is 21.7. The van der Waals surface area contributed by atoms with Gasteiger partial charge in [0.05, 0.1) is 4.75 Å². The lowest BCUT2D eigenvalue weighted by Crippen LogP contribution is -2.55. The van der Waals surface area contributed by atoms with Gasteiger partial charge >= 0.3 is 0 Å². The molecule has 1 aliphatic rings. The van der Waals surface area contributed by atoms with Crippen LogP contribution in [0.3, 0.4) is 0 Å². The first-order valence-corrected chi connectivity index (χ1v) is 13.0. The Hall–Kier alpha value is -0.340. The Morgan fingerprint density at radius 3 is 2.32 bits per heavy atom. The highest BCUT2D eigenvalue weighted by Crippen LogP contribution is 2.37. The fourth-order valence-corrected chi connectivity index (χ4v) is 5.44. The summed E-state index contributed by atoms with van der Waals surface area (Å²) in [5.41, 5.74) is -0.778. The average molecular weight is 449 g/mol. The van der Waals surface area contributed by atoms with Gasteiger partial charge in [-0.3, -0.25) is 19.3 Å². The van der Waals surface area contributed by atoms with E-state index in [9.17, 15) is 14.4 Å². The Bertz CT molecular complexity index is 579. The molecular weight excluding hydrogens is 412 g/mol. The molecule has 5 nitrogen and oxygen atoms in total. The summed E-state index contributed by atoms with van der Waals surface area (Å²) in [5, 5.41) is 3.12. The summed E-state index contributed by atoms with van der Waals surface area (Å²) < 4.78 is -0.990. The molecule has 3 unspecified atom stereocenters. The van der Waals surface area contributed by atoms with E-state index in [1.807, 2.05) is 34.0 Å². The third kappa shape index (κ3) is 6.59. The Balaban J connectivity index is 2.89. The molecular formula is C20H36N2O3S3. The van der Waals surface area contributed by atoms with E-state index >= 15 is 0 Å². The maximum absolute atomic E-state index is 12.9. The molecule has 0 aromatic rings. The molecule has 0 aromatic heterocycles.